The molecule has 0 atom stereocenters. The predicted molar refractivity (Wildman–Crippen MR) is 105 cm³/mol. The number of methoxy groups -OCH3 is 1. The molecule has 0 aromatic heterocycles. The first kappa shape index (κ1) is 17.8. The number of anilines is 1. The molecule has 0 unspecified atom stereocenters. The highest BCUT2D eigenvalue weighted by molar-refractivity contribution is 5.48. The third-order valence-corrected chi connectivity index (χ3v) is 5.22. The molecule has 0 radical (unpaired) electrons. The third-order valence-electron chi connectivity index (χ3n) is 5.22. The molecule has 134 valence electrons. The molecule has 1 saturated heterocycles. The molecule has 2 aromatic rings. The number of benzene rings is 2. The monoisotopic (exact) mass is 338 g/mol. The number of likely N-dealkylation sites (tertiary alicyclic amines) is 1. The maximum atomic E-state index is 5.27. The summed E-state index contributed by atoms with van der Waals surface area (Å²) in [5.41, 5.74) is 2.60. The van der Waals surface area contributed by atoms with Crippen molar-refractivity contribution in [3.8, 4) is 5.75 Å². The van der Waals surface area contributed by atoms with Gasteiger partial charge >= 0.3 is 0 Å². The Morgan fingerprint density at radius 1 is 1.04 bits per heavy atom. The SMILES string of the molecule is COc1cccc(NCCC2CCN(CCc3ccccc3)CC2)c1. The number of rotatable bonds is 8. The van der Waals surface area contributed by atoms with Gasteiger partial charge in [0.2, 0.25) is 0 Å². The Balaban J connectivity index is 1.32. The highest BCUT2D eigenvalue weighted by Crippen LogP contribution is 2.22. The molecule has 1 aliphatic heterocycles. The Labute approximate surface area is 152 Å². The van der Waals surface area contributed by atoms with Gasteiger partial charge in [-0.3, -0.25) is 0 Å². The number of nitrogens with zero attached hydrogens (tertiary/aromatic N) is 1. The quantitative estimate of drug-likeness (QED) is 0.769. The van der Waals surface area contributed by atoms with Crippen LogP contribution >= 0.6 is 0 Å². The fraction of sp³-hybridized carbons (Fsp3) is 0.455. The van der Waals surface area contributed by atoms with Crippen molar-refractivity contribution >= 4 is 5.69 Å². The van der Waals surface area contributed by atoms with Gasteiger partial charge in [0.25, 0.3) is 0 Å². The van der Waals surface area contributed by atoms with Crippen LogP contribution in [0.1, 0.15) is 24.8 Å². The molecule has 1 fully saturated rings. The van der Waals surface area contributed by atoms with E-state index in [-0.39, 0.29) is 0 Å². The van der Waals surface area contributed by atoms with Crippen LogP contribution in [0.15, 0.2) is 54.6 Å². The van der Waals surface area contributed by atoms with Gasteiger partial charge in [0, 0.05) is 24.8 Å². The fourth-order valence-corrected chi connectivity index (χ4v) is 3.58. The minimum absolute atomic E-state index is 0.853. The maximum Gasteiger partial charge on any atom is 0.120 e. The number of ether oxygens (including phenoxy) is 1. The van der Waals surface area contributed by atoms with Gasteiger partial charge in [-0.1, -0.05) is 36.4 Å². The van der Waals surface area contributed by atoms with Gasteiger partial charge in [0.1, 0.15) is 5.75 Å². The summed E-state index contributed by atoms with van der Waals surface area (Å²) in [6.45, 7) is 4.73. The minimum atomic E-state index is 0.853. The van der Waals surface area contributed by atoms with Crippen LogP contribution in [0, 0.1) is 5.92 Å². The number of hydrogen-bond acceptors (Lipinski definition) is 3. The first-order valence-electron chi connectivity index (χ1n) is 9.47. The second-order valence-corrected chi connectivity index (χ2v) is 6.97. The molecular formula is C22H30N2O. The van der Waals surface area contributed by atoms with Crippen molar-refractivity contribution in [2.75, 3.05) is 38.6 Å². The number of hydrogen-bond donors (Lipinski definition) is 1. The average Bonchev–Trinajstić information content (AvgIpc) is 2.68. The molecule has 0 aliphatic carbocycles. The lowest BCUT2D eigenvalue weighted by atomic mass is 9.93. The standard InChI is InChI=1S/C22H30N2O/c1-25-22-9-5-8-21(18-22)23-14-10-20-12-16-24(17-13-20)15-11-19-6-3-2-4-7-19/h2-9,18,20,23H,10-17H2,1H3. The highest BCUT2D eigenvalue weighted by Gasteiger charge is 2.18. The van der Waals surface area contributed by atoms with Crippen LogP contribution in [0.5, 0.6) is 5.75 Å². The molecule has 3 heteroatoms. The van der Waals surface area contributed by atoms with Crippen LogP contribution in [0.4, 0.5) is 5.69 Å². The maximum absolute atomic E-state index is 5.27. The molecular weight excluding hydrogens is 308 g/mol. The first-order valence-corrected chi connectivity index (χ1v) is 9.47. The molecule has 0 saturated carbocycles. The summed E-state index contributed by atoms with van der Waals surface area (Å²) >= 11 is 0. The van der Waals surface area contributed by atoms with Crippen LogP contribution in [0.25, 0.3) is 0 Å². The molecule has 1 heterocycles. The Morgan fingerprint density at radius 2 is 1.84 bits per heavy atom. The Hall–Kier alpha value is -2.00. The van der Waals surface area contributed by atoms with E-state index in [1.54, 1.807) is 7.11 Å². The van der Waals surface area contributed by atoms with Gasteiger partial charge in [-0.15, -0.1) is 0 Å². The third kappa shape index (κ3) is 5.79. The molecule has 1 aliphatic rings. The summed E-state index contributed by atoms with van der Waals surface area (Å²) in [6.07, 6.45) is 5.08. The summed E-state index contributed by atoms with van der Waals surface area (Å²) in [5.74, 6) is 1.77. The van der Waals surface area contributed by atoms with Gasteiger partial charge in [-0.2, -0.15) is 0 Å². The summed E-state index contributed by atoms with van der Waals surface area (Å²) in [7, 11) is 1.71. The molecule has 3 nitrogen and oxygen atoms in total. The molecule has 2 aromatic carbocycles. The van der Waals surface area contributed by atoms with Crippen LogP contribution in [-0.2, 0) is 6.42 Å². The molecule has 0 bridgehead atoms. The Kier molecular flexibility index (Phi) is 6.75. The van der Waals surface area contributed by atoms with E-state index >= 15 is 0 Å². The smallest absolute Gasteiger partial charge is 0.120 e. The van der Waals surface area contributed by atoms with Crippen LogP contribution in [0.3, 0.4) is 0 Å². The number of piperidine rings is 1. The largest absolute Gasteiger partial charge is 0.497 e. The van der Waals surface area contributed by atoms with E-state index in [9.17, 15) is 0 Å². The molecule has 0 spiro atoms. The van der Waals surface area contributed by atoms with Crippen molar-refractivity contribution in [2.45, 2.75) is 25.7 Å². The van der Waals surface area contributed by atoms with Gasteiger partial charge in [-0.25, -0.2) is 0 Å². The zero-order valence-corrected chi connectivity index (χ0v) is 15.3. The lowest BCUT2D eigenvalue weighted by Crippen LogP contribution is -2.35. The zero-order valence-electron chi connectivity index (χ0n) is 15.3. The van der Waals surface area contributed by atoms with Crippen molar-refractivity contribution in [3.05, 3.63) is 60.2 Å². The van der Waals surface area contributed by atoms with E-state index < -0.39 is 0 Å². The minimum Gasteiger partial charge on any atom is -0.497 e. The Bertz CT molecular complexity index is 621. The molecule has 3 rings (SSSR count). The van der Waals surface area contributed by atoms with Gasteiger partial charge in [-0.05, 0) is 62.4 Å². The zero-order chi connectivity index (χ0) is 17.3. The predicted octanol–water partition coefficient (Wildman–Crippen LogP) is 4.45. The number of nitrogens with one attached hydrogen (secondary N) is 1. The first-order chi connectivity index (χ1) is 12.3. The van der Waals surface area contributed by atoms with E-state index in [4.69, 9.17) is 4.74 Å². The molecule has 25 heavy (non-hydrogen) atoms. The Morgan fingerprint density at radius 3 is 2.60 bits per heavy atom. The highest BCUT2D eigenvalue weighted by atomic mass is 16.5. The van der Waals surface area contributed by atoms with Crippen molar-refractivity contribution in [1.29, 1.82) is 0 Å². The summed E-state index contributed by atoms with van der Waals surface area (Å²) in [4.78, 5) is 2.62. The van der Waals surface area contributed by atoms with Crippen molar-refractivity contribution < 1.29 is 4.74 Å². The van der Waals surface area contributed by atoms with Crippen LogP contribution < -0.4 is 10.1 Å². The molecule has 1 N–H and O–H groups in total. The topological polar surface area (TPSA) is 24.5 Å². The van der Waals surface area contributed by atoms with Gasteiger partial charge in [0.05, 0.1) is 7.11 Å². The second-order valence-electron chi connectivity index (χ2n) is 6.97. The average molecular weight is 338 g/mol. The van der Waals surface area contributed by atoms with Crippen LogP contribution in [0.2, 0.25) is 0 Å². The van der Waals surface area contributed by atoms with Crippen LogP contribution in [-0.4, -0.2) is 38.2 Å². The lowest BCUT2D eigenvalue weighted by molar-refractivity contribution is 0.183. The van der Waals surface area contributed by atoms with E-state index in [0.29, 0.717) is 0 Å². The van der Waals surface area contributed by atoms with Gasteiger partial charge in [0.15, 0.2) is 0 Å². The van der Waals surface area contributed by atoms with Crippen molar-refractivity contribution in [3.63, 3.8) is 0 Å². The summed E-state index contributed by atoms with van der Waals surface area (Å²) in [6, 6.07) is 19.0. The van der Waals surface area contributed by atoms with E-state index in [1.165, 1.54) is 50.9 Å². The van der Waals surface area contributed by atoms with E-state index in [2.05, 4.69) is 52.7 Å². The summed E-state index contributed by atoms with van der Waals surface area (Å²) < 4.78 is 5.27. The summed E-state index contributed by atoms with van der Waals surface area (Å²) in [5, 5.41) is 3.53. The van der Waals surface area contributed by atoms with E-state index in [0.717, 1.165) is 23.9 Å². The second kappa shape index (κ2) is 9.47. The normalized spacial score (nSPS) is 15.9. The van der Waals surface area contributed by atoms with Crippen molar-refractivity contribution in [2.24, 2.45) is 5.92 Å². The van der Waals surface area contributed by atoms with E-state index in [1.807, 2.05) is 12.1 Å². The molecule has 0 amide bonds. The fourth-order valence-electron chi connectivity index (χ4n) is 3.58. The lowest BCUT2D eigenvalue weighted by Gasteiger charge is -2.32. The van der Waals surface area contributed by atoms with Gasteiger partial charge < -0.3 is 15.0 Å². The van der Waals surface area contributed by atoms with Crippen molar-refractivity contribution in [1.82, 2.24) is 4.90 Å².